The lowest BCUT2D eigenvalue weighted by Crippen LogP contribution is -2.04. The molecule has 0 saturated carbocycles. The fourth-order valence-corrected chi connectivity index (χ4v) is 1.55. The molecule has 1 heterocycles. The molecule has 96 valence electrons. The number of hydrogen-bond donors (Lipinski definition) is 0. The van der Waals surface area contributed by atoms with Crippen LogP contribution in [0.2, 0.25) is 0 Å². The Kier molecular flexibility index (Phi) is 3.36. The SMILES string of the molecule is Cc1noc(CCc2ccc(C(F)(F)F)cc2)n1. The van der Waals surface area contributed by atoms with E-state index in [9.17, 15) is 13.2 Å². The van der Waals surface area contributed by atoms with Crippen LogP contribution in [0.5, 0.6) is 0 Å². The van der Waals surface area contributed by atoms with Gasteiger partial charge in [-0.25, -0.2) is 0 Å². The molecule has 1 aromatic heterocycles. The standard InChI is InChI=1S/C12H11F3N2O/c1-8-16-11(18-17-8)7-4-9-2-5-10(6-3-9)12(13,14)15/h2-3,5-6H,4,7H2,1H3. The minimum Gasteiger partial charge on any atom is -0.339 e. The molecule has 6 heteroatoms. The fourth-order valence-electron chi connectivity index (χ4n) is 1.55. The van der Waals surface area contributed by atoms with Gasteiger partial charge >= 0.3 is 6.18 Å². The van der Waals surface area contributed by atoms with Crippen molar-refractivity contribution in [2.24, 2.45) is 0 Å². The molecule has 0 unspecified atom stereocenters. The number of rotatable bonds is 3. The molecule has 2 rings (SSSR count). The van der Waals surface area contributed by atoms with Gasteiger partial charge in [0.05, 0.1) is 5.56 Å². The van der Waals surface area contributed by atoms with E-state index < -0.39 is 11.7 Å². The van der Waals surface area contributed by atoms with Crippen LogP contribution in [-0.2, 0) is 19.0 Å². The second-order valence-corrected chi connectivity index (χ2v) is 3.93. The van der Waals surface area contributed by atoms with Crippen molar-refractivity contribution in [2.45, 2.75) is 25.9 Å². The minimum atomic E-state index is -4.29. The van der Waals surface area contributed by atoms with Gasteiger partial charge < -0.3 is 4.52 Å². The van der Waals surface area contributed by atoms with Crippen molar-refractivity contribution in [3.05, 3.63) is 47.1 Å². The summed E-state index contributed by atoms with van der Waals surface area (Å²) < 4.78 is 41.9. The molecule has 0 radical (unpaired) electrons. The zero-order valence-corrected chi connectivity index (χ0v) is 9.66. The summed E-state index contributed by atoms with van der Waals surface area (Å²) in [6.07, 6.45) is -3.20. The van der Waals surface area contributed by atoms with Crippen LogP contribution in [0.1, 0.15) is 22.8 Å². The van der Waals surface area contributed by atoms with E-state index in [0.717, 1.165) is 17.7 Å². The van der Waals surface area contributed by atoms with Gasteiger partial charge in [-0.3, -0.25) is 0 Å². The maximum atomic E-state index is 12.3. The molecule has 18 heavy (non-hydrogen) atoms. The smallest absolute Gasteiger partial charge is 0.339 e. The van der Waals surface area contributed by atoms with Crippen LogP contribution in [0, 0.1) is 6.92 Å². The third kappa shape index (κ3) is 3.09. The van der Waals surface area contributed by atoms with Crippen LogP contribution in [0.15, 0.2) is 28.8 Å². The van der Waals surface area contributed by atoms with Gasteiger partial charge in [-0.05, 0) is 31.0 Å². The number of benzene rings is 1. The first-order valence-electron chi connectivity index (χ1n) is 5.40. The Morgan fingerprint density at radius 1 is 1.11 bits per heavy atom. The summed E-state index contributed by atoms with van der Waals surface area (Å²) in [5, 5.41) is 3.64. The van der Waals surface area contributed by atoms with Crippen molar-refractivity contribution in [1.82, 2.24) is 10.1 Å². The molecule has 0 spiro atoms. The quantitative estimate of drug-likeness (QED) is 0.846. The highest BCUT2D eigenvalue weighted by atomic mass is 19.4. The van der Waals surface area contributed by atoms with Gasteiger partial charge in [0.2, 0.25) is 5.89 Å². The Balaban J connectivity index is 1.98. The lowest BCUT2D eigenvalue weighted by atomic mass is 10.1. The average Bonchev–Trinajstić information content (AvgIpc) is 2.72. The molecule has 0 atom stereocenters. The van der Waals surface area contributed by atoms with Gasteiger partial charge in [0, 0.05) is 6.42 Å². The maximum absolute atomic E-state index is 12.3. The van der Waals surface area contributed by atoms with Crippen molar-refractivity contribution in [1.29, 1.82) is 0 Å². The Bertz CT molecular complexity index is 517. The topological polar surface area (TPSA) is 38.9 Å². The van der Waals surface area contributed by atoms with Gasteiger partial charge in [-0.1, -0.05) is 17.3 Å². The molecule has 1 aromatic carbocycles. The van der Waals surface area contributed by atoms with E-state index in [-0.39, 0.29) is 0 Å². The monoisotopic (exact) mass is 256 g/mol. The van der Waals surface area contributed by atoms with E-state index in [2.05, 4.69) is 10.1 Å². The molecule has 0 aliphatic carbocycles. The molecule has 3 nitrogen and oxygen atoms in total. The highest BCUT2D eigenvalue weighted by Gasteiger charge is 2.29. The second-order valence-electron chi connectivity index (χ2n) is 3.93. The van der Waals surface area contributed by atoms with Crippen LogP contribution < -0.4 is 0 Å². The highest BCUT2D eigenvalue weighted by molar-refractivity contribution is 5.24. The summed E-state index contributed by atoms with van der Waals surface area (Å²) in [5.41, 5.74) is 0.165. The summed E-state index contributed by atoms with van der Waals surface area (Å²) in [6, 6.07) is 5.08. The third-order valence-electron chi connectivity index (χ3n) is 2.48. The molecule has 0 fully saturated rings. The number of aryl methyl sites for hydroxylation is 3. The lowest BCUT2D eigenvalue weighted by molar-refractivity contribution is -0.137. The summed E-state index contributed by atoms with van der Waals surface area (Å²) >= 11 is 0. The Labute approximate surface area is 102 Å². The van der Waals surface area contributed by atoms with Gasteiger partial charge in [-0.15, -0.1) is 0 Å². The summed E-state index contributed by atoms with van der Waals surface area (Å²) in [4.78, 5) is 4.02. The van der Waals surface area contributed by atoms with Gasteiger partial charge in [0.1, 0.15) is 0 Å². The van der Waals surface area contributed by atoms with Crippen molar-refractivity contribution in [3.8, 4) is 0 Å². The predicted octanol–water partition coefficient (Wildman–Crippen LogP) is 3.18. The van der Waals surface area contributed by atoms with Crippen molar-refractivity contribution in [2.75, 3.05) is 0 Å². The first-order valence-corrected chi connectivity index (χ1v) is 5.40. The van der Waals surface area contributed by atoms with E-state index in [1.54, 1.807) is 6.92 Å². The molecule has 2 aromatic rings. The molecule has 0 amide bonds. The zero-order chi connectivity index (χ0) is 13.2. The number of hydrogen-bond acceptors (Lipinski definition) is 3. The number of aromatic nitrogens is 2. The van der Waals surface area contributed by atoms with Gasteiger partial charge in [0.25, 0.3) is 0 Å². The minimum absolute atomic E-state index is 0.493. The Hall–Kier alpha value is -1.85. The molecule has 0 bridgehead atoms. The largest absolute Gasteiger partial charge is 0.416 e. The third-order valence-corrected chi connectivity index (χ3v) is 2.48. The fraction of sp³-hybridized carbons (Fsp3) is 0.333. The van der Waals surface area contributed by atoms with Gasteiger partial charge in [0.15, 0.2) is 5.82 Å². The summed E-state index contributed by atoms with van der Waals surface area (Å²) in [5.74, 6) is 1.05. The number of nitrogens with zero attached hydrogens (tertiary/aromatic N) is 2. The molecule has 0 aliphatic rings. The highest BCUT2D eigenvalue weighted by Crippen LogP contribution is 2.29. The van der Waals surface area contributed by atoms with Crippen LogP contribution in [0.25, 0.3) is 0 Å². The molecular formula is C12H11F3N2O. The van der Waals surface area contributed by atoms with Crippen molar-refractivity contribution >= 4 is 0 Å². The molecule has 0 saturated heterocycles. The Morgan fingerprint density at radius 3 is 2.28 bits per heavy atom. The Morgan fingerprint density at radius 2 is 1.78 bits per heavy atom. The van der Waals surface area contributed by atoms with Crippen LogP contribution in [-0.4, -0.2) is 10.1 Å². The van der Waals surface area contributed by atoms with E-state index in [0.29, 0.717) is 24.6 Å². The summed E-state index contributed by atoms with van der Waals surface area (Å²) in [7, 11) is 0. The van der Waals surface area contributed by atoms with Crippen LogP contribution in [0.3, 0.4) is 0 Å². The zero-order valence-electron chi connectivity index (χ0n) is 9.66. The first kappa shape index (κ1) is 12.6. The van der Waals surface area contributed by atoms with Crippen LogP contribution >= 0.6 is 0 Å². The second kappa shape index (κ2) is 4.80. The predicted molar refractivity (Wildman–Crippen MR) is 57.9 cm³/mol. The molecule has 0 N–H and O–H groups in total. The van der Waals surface area contributed by atoms with Crippen molar-refractivity contribution < 1.29 is 17.7 Å². The van der Waals surface area contributed by atoms with E-state index >= 15 is 0 Å². The number of halogens is 3. The normalized spacial score (nSPS) is 11.8. The van der Waals surface area contributed by atoms with Gasteiger partial charge in [-0.2, -0.15) is 18.2 Å². The van der Waals surface area contributed by atoms with Crippen molar-refractivity contribution in [3.63, 3.8) is 0 Å². The van der Waals surface area contributed by atoms with E-state index in [4.69, 9.17) is 4.52 Å². The van der Waals surface area contributed by atoms with E-state index in [1.807, 2.05) is 0 Å². The summed E-state index contributed by atoms with van der Waals surface area (Å²) in [6.45, 7) is 1.71. The van der Waals surface area contributed by atoms with Crippen LogP contribution in [0.4, 0.5) is 13.2 Å². The number of alkyl halides is 3. The van der Waals surface area contributed by atoms with E-state index in [1.165, 1.54) is 12.1 Å². The first-order chi connectivity index (χ1) is 8.45. The lowest BCUT2D eigenvalue weighted by Gasteiger charge is -2.06. The molecule has 0 aliphatic heterocycles. The maximum Gasteiger partial charge on any atom is 0.416 e. The molecular weight excluding hydrogens is 245 g/mol. The average molecular weight is 256 g/mol.